The van der Waals surface area contributed by atoms with Crippen LogP contribution in [-0.2, 0) is 24.0 Å². The number of carbonyl (C=O) groups excluding carboxylic acids is 1. The molecule has 1 aromatic carbocycles. The van der Waals surface area contributed by atoms with E-state index in [1.165, 1.54) is 25.4 Å². The van der Waals surface area contributed by atoms with E-state index < -0.39 is 54.3 Å². The van der Waals surface area contributed by atoms with Crippen LogP contribution in [0.1, 0.15) is 12.2 Å². The summed E-state index contributed by atoms with van der Waals surface area (Å²) in [5.74, 6) is -1.48. The highest BCUT2D eigenvalue weighted by molar-refractivity contribution is 5.78. The second-order valence-electron chi connectivity index (χ2n) is 6.69. The fraction of sp³-hybridized carbons (Fsp3) is 0.333. The molecule has 3 N–H and O–H groups in total. The third-order valence-corrected chi connectivity index (χ3v) is 4.66. The summed E-state index contributed by atoms with van der Waals surface area (Å²) in [5.41, 5.74) is -4.51. The first-order valence-electron chi connectivity index (χ1n) is 8.80. The minimum Gasteiger partial charge on any atom is -0.374 e. The monoisotopic (exact) mass is 425 g/mol. The van der Waals surface area contributed by atoms with Gasteiger partial charge in [0.05, 0.1) is 10.9 Å². The summed E-state index contributed by atoms with van der Waals surface area (Å²) < 4.78 is 42.1. The van der Waals surface area contributed by atoms with Gasteiger partial charge in [-0.2, -0.15) is 13.2 Å². The molecule has 160 valence electrons. The quantitative estimate of drug-likeness (QED) is 0.527. The number of carbonyl (C=O) groups is 1. The van der Waals surface area contributed by atoms with Gasteiger partial charge in [-0.1, -0.05) is 12.1 Å². The van der Waals surface area contributed by atoms with E-state index in [-0.39, 0.29) is 5.39 Å². The largest absolute Gasteiger partial charge is 0.424 e. The van der Waals surface area contributed by atoms with Crippen LogP contribution in [0.3, 0.4) is 0 Å². The molecule has 12 heteroatoms. The van der Waals surface area contributed by atoms with Crippen LogP contribution in [0.2, 0.25) is 0 Å². The molecule has 0 spiro atoms. The zero-order valence-electron chi connectivity index (χ0n) is 15.7. The van der Waals surface area contributed by atoms with Crippen molar-refractivity contribution in [2.45, 2.75) is 24.7 Å². The van der Waals surface area contributed by atoms with E-state index in [0.717, 1.165) is 10.8 Å². The van der Waals surface area contributed by atoms with Crippen molar-refractivity contribution >= 4 is 16.8 Å². The number of benzene rings is 1. The van der Waals surface area contributed by atoms with Crippen molar-refractivity contribution in [2.75, 3.05) is 6.54 Å². The zero-order valence-corrected chi connectivity index (χ0v) is 15.7. The highest BCUT2D eigenvalue weighted by atomic mass is 19.4. The van der Waals surface area contributed by atoms with E-state index in [2.05, 4.69) is 15.3 Å². The molecule has 2 heterocycles. The minimum atomic E-state index is -5.04. The Morgan fingerprint density at radius 3 is 2.60 bits per heavy atom. The molecule has 0 aliphatic carbocycles. The van der Waals surface area contributed by atoms with Crippen molar-refractivity contribution < 1.29 is 23.1 Å². The number of hydrogen-bond donors (Lipinski definition) is 3. The Morgan fingerprint density at radius 1 is 1.27 bits per heavy atom. The SMILES string of the molecule is Cn1ccnc1C(O)(CCNC(=O)Cn1c(=O)[nH]c2ccccc2c1=O)C(F)(F)F. The highest BCUT2D eigenvalue weighted by Gasteiger charge is 2.57. The van der Waals surface area contributed by atoms with Crippen LogP contribution >= 0.6 is 0 Å². The first kappa shape index (κ1) is 21.3. The van der Waals surface area contributed by atoms with Crippen molar-refractivity contribution in [1.82, 2.24) is 24.4 Å². The number of aryl methyl sites for hydroxylation is 1. The Balaban J connectivity index is 1.73. The van der Waals surface area contributed by atoms with Crippen LogP contribution in [0.5, 0.6) is 0 Å². The number of nitrogens with zero attached hydrogens (tertiary/aromatic N) is 3. The number of aromatic amines is 1. The number of H-pyrrole nitrogens is 1. The third kappa shape index (κ3) is 3.85. The van der Waals surface area contributed by atoms with Crippen LogP contribution in [0.4, 0.5) is 13.2 Å². The lowest BCUT2D eigenvalue weighted by Crippen LogP contribution is -2.47. The summed E-state index contributed by atoms with van der Waals surface area (Å²) in [6.07, 6.45) is -3.58. The number of aliphatic hydroxyl groups is 1. The van der Waals surface area contributed by atoms with E-state index in [4.69, 9.17) is 0 Å². The van der Waals surface area contributed by atoms with Crippen molar-refractivity contribution in [3.63, 3.8) is 0 Å². The number of para-hydroxylation sites is 1. The fourth-order valence-electron chi connectivity index (χ4n) is 3.07. The second-order valence-corrected chi connectivity index (χ2v) is 6.69. The van der Waals surface area contributed by atoms with Gasteiger partial charge in [0, 0.05) is 32.4 Å². The molecule has 0 fully saturated rings. The van der Waals surface area contributed by atoms with Gasteiger partial charge < -0.3 is 20.0 Å². The molecule has 2 aromatic heterocycles. The molecule has 0 saturated carbocycles. The number of halogens is 3. The van der Waals surface area contributed by atoms with Crippen molar-refractivity contribution in [3.05, 3.63) is 63.3 Å². The average molecular weight is 425 g/mol. The Labute approximate surface area is 166 Å². The summed E-state index contributed by atoms with van der Waals surface area (Å²) in [6, 6.07) is 6.21. The summed E-state index contributed by atoms with van der Waals surface area (Å²) in [5, 5.41) is 12.6. The Bertz CT molecular complexity index is 1200. The lowest BCUT2D eigenvalue weighted by Gasteiger charge is -2.29. The first-order valence-corrected chi connectivity index (χ1v) is 8.80. The molecule has 1 unspecified atom stereocenters. The maximum Gasteiger partial charge on any atom is 0.424 e. The number of hydrogen-bond acceptors (Lipinski definition) is 5. The fourth-order valence-corrected chi connectivity index (χ4v) is 3.07. The number of fused-ring (bicyclic) bond motifs is 1. The lowest BCUT2D eigenvalue weighted by atomic mass is 9.97. The molecule has 9 nitrogen and oxygen atoms in total. The number of alkyl halides is 3. The van der Waals surface area contributed by atoms with E-state index in [1.807, 2.05) is 0 Å². The first-order chi connectivity index (χ1) is 14.0. The topological polar surface area (TPSA) is 122 Å². The van der Waals surface area contributed by atoms with E-state index in [0.29, 0.717) is 10.1 Å². The predicted molar refractivity (Wildman–Crippen MR) is 99.6 cm³/mol. The molecule has 0 aliphatic heterocycles. The lowest BCUT2D eigenvalue weighted by molar-refractivity contribution is -0.272. The van der Waals surface area contributed by atoms with Gasteiger partial charge in [-0.05, 0) is 12.1 Å². The van der Waals surface area contributed by atoms with Crippen LogP contribution in [-0.4, -0.2) is 42.8 Å². The molecule has 0 aliphatic rings. The summed E-state index contributed by atoms with van der Waals surface area (Å²) in [4.78, 5) is 42.6. The summed E-state index contributed by atoms with van der Waals surface area (Å²) in [6.45, 7) is -1.26. The van der Waals surface area contributed by atoms with Gasteiger partial charge in [0.2, 0.25) is 11.5 Å². The normalized spacial score (nSPS) is 13.9. The summed E-state index contributed by atoms with van der Waals surface area (Å²) >= 11 is 0. The smallest absolute Gasteiger partial charge is 0.374 e. The molecule has 0 radical (unpaired) electrons. The Kier molecular flexibility index (Phi) is 5.53. The third-order valence-electron chi connectivity index (χ3n) is 4.66. The number of nitrogens with one attached hydrogen (secondary N) is 2. The molecule has 3 aromatic rings. The van der Waals surface area contributed by atoms with Gasteiger partial charge in [-0.25, -0.2) is 9.78 Å². The molecule has 0 bridgehead atoms. The minimum absolute atomic E-state index is 0.186. The Morgan fingerprint density at radius 2 is 1.97 bits per heavy atom. The standard InChI is InChI=1S/C18H18F3N5O4/c1-25-9-8-23-15(25)17(30,18(19,20)21)6-7-22-13(27)10-26-14(28)11-4-2-3-5-12(11)24-16(26)29/h2-5,8-9,30H,6-7,10H2,1H3,(H,22,27)(H,24,29). The number of amides is 1. The van der Waals surface area contributed by atoms with Gasteiger partial charge in [0.1, 0.15) is 12.4 Å². The molecule has 1 amide bonds. The van der Waals surface area contributed by atoms with E-state index in [1.54, 1.807) is 12.1 Å². The van der Waals surface area contributed by atoms with Gasteiger partial charge in [-0.3, -0.25) is 14.2 Å². The van der Waals surface area contributed by atoms with Gasteiger partial charge in [-0.15, -0.1) is 0 Å². The van der Waals surface area contributed by atoms with Gasteiger partial charge in [0.25, 0.3) is 5.56 Å². The van der Waals surface area contributed by atoms with E-state index in [9.17, 15) is 32.7 Å². The van der Waals surface area contributed by atoms with E-state index >= 15 is 0 Å². The molecule has 30 heavy (non-hydrogen) atoms. The maximum absolute atomic E-state index is 13.5. The molecule has 3 rings (SSSR count). The van der Waals surface area contributed by atoms with Crippen molar-refractivity contribution in [1.29, 1.82) is 0 Å². The molecular weight excluding hydrogens is 407 g/mol. The summed E-state index contributed by atoms with van der Waals surface area (Å²) in [7, 11) is 1.30. The number of rotatable bonds is 6. The molecule has 0 saturated heterocycles. The van der Waals surface area contributed by atoms with Crippen LogP contribution in [0.25, 0.3) is 10.9 Å². The zero-order chi connectivity index (χ0) is 22.1. The second kappa shape index (κ2) is 7.78. The Hall–Kier alpha value is -3.41. The number of imidazole rings is 1. The predicted octanol–water partition coefficient (Wildman–Crippen LogP) is 0.380. The van der Waals surface area contributed by atoms with Crippen molar-refractivity contribution in [3.8, 4) is 0 Å². The van der Waals surface area contributed by atoms with Crippen LogP contribution in [0.15, 0.2) is 46.2 Å². The van der Waals surface area contributed by atoms with Crippen LogP contribution < -0.4 is 16.6 Å². The van der Waals surface area contributed by atoms with Gasteiger partial charge in [0.15, 0.2) is 0 Å². The van der Waals surface area contributed by atoms with Crippen molar-refractivity contribution in [2.24, 2.45) is 7.05 Å². The molecule has 1 atom stereocenters. The maximum atomic E-state index is 13.5. The highest BCUT2D eigenvalue weighted by Crippen LogP contribution is 2.40. The number of aromatic nitrogens is 4. The van der Waals surface area contributed by atoms with Gasteiger partial charge >= 0.3 is 11.9 Å². The van der Waals surface area contributed by atoms with Crippen LogP contribution in [0, 0.1) is 0 Å². The average Bonchev–Trinajstić information content (AvgIpc) is 3.10. The molecular formula is C18H18F3N5O4.